The average molecular weight is 477 g/mol. The third-order valence-corrected chi connectivity index (χ3v) is 7.34. The molecule has 0 bridgehead atoms. The maximum absolute atomic E-state index is 13.2. The first-order chi connectivity index (χ1) is 16.9. The van der Waals surface area contributed by atoms with Crippen molar-refractivity contribution in [1.82, 2.24) is 14.7 Å². The molecule has 0 saturated carbocycles. The molecule has 1 saturated heterocycles. The van der Waals surface area contributed by atoms with Crippen LogP contribution in [0.1, 0.15) is 34.0 Å². The van der Waals surface area contributed by atoms with Gasteiger partial charge in [0, 0.05) is 64.0 Å². The van der Waals surface area contributed by atoms with Gasteiger partial charge in [0.15, 0.2) is 0 Å². The SMILES string of the molecule is CC(=O)N1CCN(c2ccc3c(c2)CCN(C[C@H](O)CN2CCc4ccccc4C2)C3=O)C(=O)C1. The Bertz CT molecular complexity index is 1150. The molecule has 2 aromatic rings. The van der Waals surface area contributed by atoms with Crippen LogP contribution in [-0.4, -0.2) is 89.4 Å². The van der Waals surface area contributed by atoms with E-state index in [4.69, 9.17) is 0 Å². The lowest BCUT2D eigenvalue weighted by atomic mass is 9.97. The summed E-state index contributed by atoms with van der Waals surface area (Å²) in [6.45, 7) is 5.64. The first-order valence-corrected chi connectivity index (χ1v) is 12.3. The Kier molecular flexibility index (Phi) is 6.58. The molecule has 1 fully saturated rings. The van der Waals surface area contributed by atoms with E-state index in [0.717, 1.165) is 30.8 Å². The van der Waals surface area contributed by atoms with E-state index in [1.807, 2.05) is 12.1 Å². The topological polar surface area (TPSA) is 84.4 Å². The minimum atomic E-state index is -0.611. The second kappa shape index (κ2) is 9.79. The fourth-order valence-corrected chi connectivity index (χ4v) is 5.40. The van der Waals surface area contributed by atoms with E-state index >= 15 is 0 Å². The largest absolute Gasteiger partial charge is 0.390 e. The number of benzene rings is 2. The van der Waals surface area contributed by atoms with Crippen molar-refractivity contribution in [3.05, 3.63) is 64.7 Å². The van der Waals surface area contributed by atoms with Crippen LogP contribution in [0.3, 0.4) is 0 Å². The summed E-state index contributed by atoms with van der Waals surface area (Å²) in [6.07, 6.45) is 1.05. The number of carbonyl (C=O) groups excluding carboxylic acids is 3. The molecule has 35 heavy (non-hydrogen) atoms. The van der Waals surface area contributed by atoms with Crippen molar-refractivity contribution < 1.29 is 19.5 Å². The lowest BCUT2D eigenvalue weighted by Crippen LogP contribution is -2.52. The molecule has 3 heterocycles. The molecule has 5 rings (SSSR count). The van der Waals surface area contributed by atoms with Gasteiger partial charge in [0.25, 0.3) is 5.91 Å². The second-order valence-corrected chi connectivity index (χ2v) is 9.74. The molecule has 1 N–H and O–H groups in total. The zero-order valence-corrected chi connectivity index (χ0v) is 20.2. The van der Waals surface area contributed by atoms with E-state index in [2.05, 4.69) is 29.2 Å². The van der Waals surface area contributed by atoms with Crippen LogP contribution in [-0.2, 0) is 29.0 Å². The highest BCUT2D eigenvalue weighted by atomic mass is 16.3. The summed E-state index contributed by atoms with van der Waals surface area (Å²) < 4.78 is 0. The predicted molar refractivity (Wildman–Crippen MR) is 132 cm³/mol. The molecule has 0 unspecified atom stereocenters. The molecular formula is C27H32N4O4. The summed E-state index contributed by atoms with van der Waals surface area (Å²) in [5, 5.41) is 10.8. The Morgan fingerprint density at radius 1 is 0.914 bits per heavy atom. The zero-order valence-electron chi connectivity index (χ0n) is 20.2. The second-order valence-electron chi connectivity index (χ2n) is 9.74. The number of hydrogen-bond donors (Lipinski definition) is 1. The van der Waals surface area contributed by atoms with Crippen LogP contribution >= 0.6 is 0 Å². The highest BCUT2D eigenvalue weighted by Gasteiger charge is 2.30. The number of rotatable bonds is 5. The van der Waals surface area contributed by atoms with Gasteiger partial charge >= 0.3 is 0 Å². The van der Waals surface area contributed by atoms with Crippen molar-refractivity contribution in [2.45, 2.75) is 32.4 Å². The van der Waals surface area contributed by atoms with Crippen LogP contribution in [0, 0.1) is 0 Å². The lowest BCUT2D eigenvalue weighted by molar-refractivity contribution is -0.135. The standard InChI is InChI=1S/C27H32N4O4/c1-19(32)29-12-13-31(26(34)18-29)23-6-7-25-21(14-23)9-11-30(27(25)35)17-24(33)16-28-10-8-20-4-2-3-5-22(20)15-28/h2-7,14,24,33H,8-13,15-18H2,1H3/t24-/m1/s1. The van der Waals surface area contributed by atoms with Gasteiger partial charge in [-0.1, -0.05) is 24.3 Å². The molecule has 8 nitrogen and oxygen atoms in total. The maximum atomic E-state index is 13.2. The van der Waals surface area contributed by atoms with E-state index in [9.17, 15) is 19.5 Å². The fraction of sp³-hybridized carbons (Fsp3) is 0.444. The van der Waals surface area contributed by atoms with E-state index in [1.54, 1.807) is 20.8 Å². The third kappa shape index (κ3) is 4.94. The van der Waals surface area contributed by atoms with Crippen LogP contribution in [0.25, 0.3) is 0 Å². The average Bonchev–Trinajstić information content (AvgIpc) is 2.85. The number of piperazine rings is 1. The first-order valence-electron chi connectivity index (χ1n) is 12.3. The van der Waals surface area contributed by atoms with E-state index in [1.165, 1.54) is 18.1 Å². The summed E-state index contributed by atoms with van der Waals surface area (Å²) in [4.78, 5) is 44.5. The molecule has 0 aromatic heterocycles. The highest BCUT2D eigenvalue weighted by Crippen LogP contribution is 2.26. The van der Waals surface area contributed by atoms with E-state index < -0.39 is 6.10 Å². The molecule has 8 heteroatoms. The Labute approximate surface area is 205 Å². The van der Waals surface area contributed by atoms with Crippen LogP contribution < -0.4 is 4.90 Å². The monoisotopic (exact) mass is 476 g/mol. The van der Waals surface area contributed by atoms with Gasteiger partial charge in [0.2, 0.25) is 11.8 Å². The lowest BCUT2D eigenvalue weighted by Gasteiger charge is -2.35. The Hall–Kier alpha value is -3.23. The number of amides is 3. The van der Waals surface area contributed by atoms with Gasteiger partial charge in [-0.05, 0) is 47.7 Å². The van der Waals surface area contributed by atoms with Gasteiger partial charge in [-0.15, -0.1) is 0 Å². The first kappa shape index (κ1) is 23.5. The summed E-state index contributed by atoms with van der Waals surface area (Å²) in [5.74, 6) is -0.284. The van der Waals surface area contributed by atoms with Gasteiger partial charge in [-0.25, -0.2) is 0 Å². The quantitative estimate of drug-likeness (QED) is 0.703. The number of aliphatic hydroxyl groups is 1. The third-order valence-electron chi connectivity index (χ3n) is 7.34. The number of carbonyl (C=O) groups is 3. The molecule has 3 aliphatic heterocycles. The van der Waals surface area contributed by atoms with Crippen LogP contribution in [0.5, 0.6) is 0 Å². The number of β-amino-alcohol motifs (C(OH)–C–C–N with tert-alkyl or cyclic N) is 1. The van der Waals surface area contributed by atoms with Crippen molar-refractivity contribution in [3.63, 3.8) is 0 Å². The number of hydrogen-bond acceptors (Lipinski definition) is 5. The van der Waals surface area contributed by atoms with Crippen LogP contribution in [0.2, 0.25) is 0 Å². The van der Waals surface area contributed by atoms with E-state index in [0.29, 0.717) is 44.7 Å². The minimum Gasteiger partial charge on any atom is -0.390 e. The molecule has 2 aromatic carbocycles. The Morgan fingerprint density at radius 2 is 1.69 bits per heavy atom. The van der Waals surface area contributed by atoms with Gasteiger partial charge in [-0.2, -0.15) is 0 Å². The molecule has 1 atom stereocenters. The van der Waals surface area contributed by atoms with Crippen molar-refractivity contribution in [1.29, 1.82) is 0 Å². The van der Waals surface area contributed by atoms with Gasteiger partial charge in [0.1, 0.15) is 6.54 Å². The number of fused-ring (bicyclic) bond motifs is 2. The minimum absolute atomic E-state index is 0.0754. The smallest absolute Gasteiger partial charge is 0.254 e. The van der Waals surface area contributed by atoms with Gasteiger partial charge < -0.3 is 19.8 Å². The van der Waals surface area contributed by atoms with Gasteiger partial charge in [0.05, 0.1) is 6.10 Å². The van der Waals surface area contributed by atoms with E-state index in [-0.39, 0.29) is 24.3 Å². The Morgan fingerprint density at radius 3 is 2.46 bits per heavy atom. The van der Waals surface area contributed by atoms with Crippen molar-refractivity contribution in [3.8, 4) is 0 Å². The van der Waals surface area contributed by atoms with Crippen molar-refractivity contribution in [2.24, 2.45) is 0 Å². The molecule has 0 aliphatic carbocycles. The highest BCUT2D eigenvalue weighted by molar-refractivity contribution is 6.00. The summed E-state index contributed by atoms with van der Waals surface area (Å²) in [6, 6.07) is 14.0. The number of nitrogens with zero attached hydrogens (tertiary/aromatic N) is 4. The normalized spacial score (nSPS) is 19.4. The van der Waals surface area contributed by atoms with Crippen molar-refractivity contribution in [2.75, 3.05) is 50.7 Å². The van der Waals surface area contributed by atoms with Gasteiger partial charge in [-0.3, -0.25) is 19.3 Å². The molecule has 3 amide bonds. The Balaban J connectivity index is 1.19. The molecule has 184 valence electrons. The molecule has 0 spiro atoms. The molecule has 0 radical (unpaired) electrons. The summed E-state index contributed by atoms with van der Waals surface area (Å²) in [5.41, 5.74) is 5.01. The number of anilines is 1. The molecular weight excluding hydrogens is 444 g/mol. The predicted octanol–water partition coefficient (Wildman–Crippen LogP) is 1.30. The summed E-state index contributed by atoms with van der Waals surface area (Å²) >= 11 is 0. The fourth-order valence-electron chi connectivity index (χ4n) is 5.40. The van der Waals surface area contributed by atoms with Crippen LogP contribution in [0.4, 0.5) is 5.69 Å². The van der Waals surface area contributed by atoms with Crippen LogP contribution in [0.15, 0.2) is 42.5 Å². The van der Waals surface area contributed by atoms with Crippen molar-refractivity contribution >= 4 is 23.4 Å². The number of aliphatic hydroxyl groups excluding tert-OH is 1. The zero-order chi connectivity index (χ0) is 24.5. The maximum Gasteiger partial charge on any atom is 0.254 e. The summed E-state index contributed by atoms with van der Waals surface area (Å²) in [7, 11) is 0. The molecule has 3 aliphatic rings.